The number of hydrogen-bond donors (Lipinski definition) is 1. The van der Waals surface area contributed by atoms with E-state index in [0.29, 0.717) is 18.9 Å². The average Bonchev–Trinajstić information content (AvgIpc) is 2.95. The molecule has 2 unspecified atom stereocenters. The van der Waals surface area contributed by atoms with Gasteiger partial charge in [0.25, 0.3) is 0 Å². The minimum Gasteiger partial charge on any atom is -0.497 e. The van der Waals surface area contributed by atoms with Gasteiger partial charge in [-0.1, -0.05) is 13.0 Å². The molecule has 0 bridgehead atoms. The summed E-state index contributed by atoms with van der Waals surface area (Å²) in [6.45, 7) is 4.27. The number of benzene rings is 1. The number of likely N-dealkylation sites (tertiary alicyclic amines) is 1. The third kappa shape index (κ3) is 3.63. The molecule has 1 N–H and O–H groups in total. The summed E-state index contributed by atoms with van der Waals surface area (Å²) in [5.41, 5.74) is 0.808. The summed E-state index contributed by atoms with van der Waals surface area (Å²) < 4.78 is 5.22. The monoisotopic (exact) mass is 331 g/mol. The van der Waals surface area contributed by atoms with E-state index in [9.17, 15) is 9.59 Å². The molecule has 130 valence electrons. The first-order valence-electron chi connectivity index (χ1n) is 8.56. The number of methoxy groups -OCH3 is 1. The molecule has 0 radical (unpaired) electrons. The summed E-state index contributed by atoms with van der Waals surface area (Å²) in [7, 11) is 1.60. The molecule has 2 atom stereocenters. The maximum absolute atomic E-state index is 12.4. The van der Waals surface area contributed by atoms with Crippen molar-refractivity contribution in [2.45, 2.75) is 32.2 Å². The van der Waals surface area contributed by atoms with Gasteiger partial charge in [-0.2, -0.15) is 0 Å². The van der Waals surface area contributed by atoms with Crippen molar-refractivity contribution in [1.82, 2.24) is 10.2 Å². The SMILES string of the molecule is COc1cccc(N2CC(NC(=O)N3CCCC(C)C3)CC2=O)c1. The van der Waals surface area contributed by atoms with E-state index in [0.717, 1.165) is 30.9 Å². The van der Waals surface area contributed by atoms with E-state index in [1.54, 1.807) is 12.0 Å². The van der Waals surface area contributed by atoms with Gasteiger partial charge in [0.15, 0.2) is 0 Å². The second-order valence-electron chi connectivity index (χ2n) is 6.75. The first-order valence-corrected chi connectivity index (χ1v) is 8.56. The summed E-state index contributed by atoms with van der Waals surface area (Å²) in [6.07, 6.45) is 2.57. The molecule has 2 fully saturated rings. The third-order valence-corrected chi connectivity index (χ3v) is 4.76. The van der Waals surface area contributed by atoms with Crippen LogP contribution in [-0.2, 0) is 4.79 Å². The van der Waals surface area contributed by atoms with E-state index in [2.05, 4.69) is 12.2 Å². The van der Waals surface area contributed by atoms with Gasteiger partial charge in [-0.25, -0.2) is 4.79 Å². The van der Waals surface area contributed by atoms with Crippen molar-refractivity contribution in [1.29, 1.82) is 0 Å². The zero-order valence-corrected chi connectivity index (χ0v) is 14.3. The van der Waals surface area contributed by atoms with Gasteiger partial charge >= 0.3 is 6.03 Å². The van der Waals surface area contributed by atoms with Crippen molar-refractivity contribution in [2.24, 2.45) is 5.92 Å². The Kier molecular flexibility index (Phi) is 4.92. The first kappa shape index (κ1) is 16.6. The summed E-state index contributed by atoms with van der Waals surface area (Å²) in [6, 6.07) is 7.24. The Morgan fingerprint density at radius 3 is 2.92 bits per heavy atom. The number of ether oxygens (including phenoxy) is 1. The lowest BCUT2D eigenvalue weighted by Gasteiger charge is -2.31. The smallest absolute Gasteiger partial charge is 0.317 e. The van der Waals surface area contributed by atoms with Crippen LogP contribution in [0.25, 0.3) is 0 Å². The van der Waals surface area contributed by atoms with Crippen molar-refractivity contribution in [3.8, 4) is 5.75 Å². The minimum absolute atomic E-state index is 0.0283. The molecule has 6 heteroatoms. The quantitative estimate of drug-likeness (QED) is 0.924. The van der Waals surface area contributed by atoms with Crippen LogP contribution in [0.2, 0.25) is 0 Å². The highest BCUT2D eigenvalue weighted by atomic mass is 16.5. The number of carbonyl (C=O) groups is 2. The number of piperidine rings is 1. The number of anilines is 1. The zero-order chi connectivity index (χ0) is 17.1. The zero-order valence-electron chi connectivity index (χ0n) is 14.3. The lowest BCUT2D eigenvalue weighted by atomic mass is 10.0. The topological polar surface area (TPSA) is 61.9 Å². The second-order valence-corrected chi connectivity index (χ2v) is 6.75. The Morgan fingerprint density at radius 1 is 1.33 bits per heavy atom. The van der Waals surface area contributed by atoms with Crippen molar-refractivity contribution in [3.63, 3.8) is 0 Å². The van der Waals surface area contributed by atoms with Crippen LogP contribution in [0, 0.1) is 5.92 Å². The molecule has 1 aromatic rings. The highest BCUT2D eigenvalue weighted by molar-refractivity contribution is 5.97. The first-order chi connectivity index (χ1) is 11.6. The van der Waals surface area contributed by atoms with E-state index >= 15 is 0 Å². The molecule has 2 heterocycles. The van der Waals surface area contributed by atoms with Crippen LogP contribution in [0.1, 0.15) is 26.2 Å². The number of rotatable bonds is 3. The van der Waals surface area contributed by atoms with Gasteiger partial charge in [0.1, 0.15) is 5.75 Å². The summed E-state index contributed by atoms with van der Waals surface area (Å²) in [5, 5.41) is 3.02. The van der Waals surface area contributed by atoms with Crippen LogP contribution < -0.4 is 15.0 Å². The molecule has 0 spiro atoms. The van der Waals surface area contributed by atoms with Gasteiger partial charge in [-0.05, 0) is 30.9 Å². The van der Waals surface area contributed by atoms with E-state index in [-0.39, 0.29) is 18.0 Å². The average molecular weight is 331 g/mol. The largest absolute Gasteiger partial charge is 0.497 e. The number of nitrogens with one attached hydrogen (secondary N) is 1. The molecule has 0 saturated carbocycles. The third-order valence-electron chi connectivity index (χ3n) is 4.76. The van der Waals surface area contributed by atoms with Crippen molar-refractivity contribution in [2.75, 3.05) is 31.6 Å². The van der Waals surface area contributed by atoms with Gasteiger partial charge in [-0.3, -0.25) is 4.79 Å². The van der Waals surface area contributed by atoms with Crippen LogP contribution >= 0.6 is 0 Å². The minimum atomic E-state index is -0.145. The van der Waals surface area contributed by atoms with Gasteiger partial charge in [0.2, 0.25) is 5.91 Å². The molecular formula is C18H25N3O3. The Labute approximate surface area is 142 Å². The highest BCUT2D eigenvalue weighted by Gasteiger charge is 2.33. The molecule has 2 aliphatic rings. The van der Waals surface area contributed by atoms with Gasteiger partial charge in [-0.15, -0.1) is 0 Å². The Bertz CT molecular complexity index is 619. The summed E-state index contributed by atoms with van der Waals surface area (Å²) in [5.74, 6) is 1.29. The Hall–Kier alpha value is -2.24. The van der Waals surface area contributed by atoms with Crippen molar-refractivity contribution < 1.29 is 14.3 Å². The predicted molar refractivity (Wildman–Crippen MR) is 92.3 cm³/mol. The fraction of sp³-hybridized carbons (Fsp3) is 0.556. The lowest BCUT2D eigenvalue weighted by Crippen LogP contribution is -2.49. The van der Waals surface area contributed by atoms with Crippen LogP contribution in [0.15, 0.2) is 24.3 Å². The van der Waals surface area contributed by atoms with Crippen LogP contribution in [0.5, 0.6) is 5.75 Å². The number of amides is 3. The fourth-order valence-electron chi connectivity index (χ4n) is 3.47. The molecule has 3 rings (SSSR count). The molecule has 2 aliphatic heterocycles. The maximum atomic E-state index is 12.4. The maximum Gasteiger partial charge on any atom is 0.317 e. The molecule has 0 aromatic heterocycles. The van der Waals surface area contributed by atoms with Crippen LogP contribution in [0.4, 0.5) is 10.5 Å². The van der Waals surface area contributed by atoms with Crippen LogP contribution in [0.3, 0.4) is 0 Å². The number of hydrogen-bond acceptors (Lipinski definition) is 3. The number of nitrogens with zero attached hydrogens (tertiary/aromatic N) is 2. The Morgan fingerprint density at radius 2 is 2.17 bits per heavy atom. The fourth-order valence-corrected chi connectivity index (χ4v) is 3.47. The Balaban J connectivity index is 1.61. The lowest BCUT2D eigenvalue weighted by molar-refractivity contribution is -0.117. The van der Waals surface area contributed by atoms with Gasteiger partial charge in [0, 0.05) is 37.8 Å². The second kappa shape index (κ2) is 7.11. The molecule has 2 saturated heterocycles. The molecule has 0 aliphatic carbocycles. The van der Waals surface area contributed by atoms with Crippen molar-refractivity contribution in [3.05, 3.63) is 24.3 Å². The highest BCUT2D eigenvalue weighted by Crippen LogP contribution is 2.25. The summed E-state index contributed by atoms with van der Waals surface area (Å²) in [4.78, 5) is 28.3. The van der Waals surface area contributed by atoms with Gasteiger partial charge < -0.3 is 19.9 Å². The molecule has 1 aromatic carbocycles. The number of carbonyl (C=O) groups excluding carboxylic acids is 2. The molecule has 6 nitrogen and oxygen atoms in total. The van der Waals surface area contributed by atoms with Crippen molar-refractivity contribution >= 4 is 17.6 Å². The predicted octanol–water partition coefficient (Wildman–Crippen LogP) is 2.24. The van der Waals surface area contributed by atoms with Gasteiger partial charge in [0.05, 0.1) is 13.2 Å². The van der Waals surface area contributed by atoms with E-state index in [1.165, 1.54) is 6.42 Å². The molecular weight excluding hydrogens is 306 g/mol. The number of urea groups is 1. The van der Waals surface area contributed by atoms with E-state index < -0.39 is 0 Å². The molecule has 3 amide bonds. The summed E-state index contributed by atoms with van der Waals surface area (Å²) >= 11 is 0. The van der Waals surface area contributed by atoms with E-state index in [4.69, 9.17) is 4.74 Å². The molecule has 24 heavy (non-hydrogen) atoms. The normalized spacial score (nSPS) is 24.2. The van der Waals surface area contributed by atoms with E-state index in [1.807, 2.05) is 29.2 Å². The standard InChI is InChI=1S/C18H25N3O3/c1-13-5-4-8-20(11-13)18(23)19-14-9-17(22)21(12-14)15-6-3-7-16(10-15)24-2/h3,6-7,10,13-14H,4-5,8-9,11-12H2,1-2H3,(H,19,23). The van der Waals surface area contributed by atoms with Crippen LogP contribution in [-0.4, -0.2) is 49.6 Å².